The highest BCUT2D eigenvalue weighted by molar-refractivity contribution is 6.10. The van der Waals surface area contributed by atoms with E-state index in [1.165, 1.54) is 46.8 Å². The second kappa shape index (κ2) is 19.0. The Morgan fingerprint density at radius 3 is 2.11 bits per heavy atom. The molecule has 2 fully saturated rings. The molecule has 19 nitrogen and oxygen atoms in total. The number of allylic oxidation sites excluding steroid dienone is 1. The van der Waals surface area contributed by atoms with Gasteiger partial charge in [0.1, 0.15) is 11.7 Å². The van der Waals surface area contributed by atoms with Gasteiger partial charge >= 0.3 is 42.1 Å². The van der Waals surface area contributed by atoms with Crippen molar-refractivity contribution in [3.63, 3.8) is 0 Å². The number of amides is 1. The molecule has 9 atom stereocenters. The van der Waals surface area contributed by atoms with Gasteiger partial charge in [0, 0.05) is 38.2 Å². The number of hydrogen-bond donors (Lipinski definition) is 2. The van der Waals surface area contributed by atoms with Crippen LogP contribution in [-0.2, 0) is 66.6 Å². The van der Waals surface area contributed by atoms with Crippen molar-refractivity contribution in [2.75, 3.05) is 13.2 Å². The van der Waals surface area contributed by atoms with Crippen LogP contribution < -0.4 is 5.32 Å². The van der Waals surface area contributed by atoms with Crippen LogP contribution in [0.25, 0.3) is 0 Å². The van der Waals surface area contributed by atoms with Crippen LogP contribution in [0.1, 0.15) is 106 Å². The van der Waals surface area contributed by atoms with Gasteiger partial charge in [0.25, 0.3) is 0 Å². The average Bonchev–Trinajstić information content (AvgIpc) is 3.55. The second-order valence-corrected chi connectivity index (χ2v) is 18.6. The lowest BCUT2D eigenvalue weighted by molar-refractivity contribution is -0.295. The molecule has 0 unspecified atom stereocenters. The average molecular weight is 914 g/mol. The Balaban J connectivity index is 1.80. The van der Waals surface area contributed by atoms with E-state index < -0.39 is 125 Å². The van der Waals surface area contributed by atoms with Crippen molar-refractivity contribution in [2.24, 2.45) is 17.3 Å². The number of benzene rings is 1. The maximum Gasteiger partial charge on any atom is 0.509 e. The first kappa shape index (κ1) is 50.2. The number of aliphatic hydroxyl groups is 1. The SMILES string of the molecule is CC(=O)OCC[C@H]1OC[C@@]1(OC(C)=O)[C@@H]1/C(C)=C(/OC(C)=O)C(=O)C2=C(C)[C@@H](OC(=O)[C@H](O)[C@H](CC(C)C)NC(=O)OC(C)(C)C)[C@@H]3OC(=O)O[C@]3([C@H]1OC(=O)c1ccccc1)C2(C)C. The fraction of sp³-hybridized carbons (Fsp3) is 0.609. The summed E-state index contributed by atoms with van der Waals surface area (Å²) in [5.74, 6) is -8.07. The van der Waals surface area contributed by atoms with Crippen LogP contribution in [0.5, 0.6) is 0 Å². The minimum absolute atomic E-state index is 0.0163. The summed E-state index contributed by atoms with van der Waals surface area (Å²) in [6.45, 7) is 16.9. The Morgan fingerprint density at radius 1 is 0.923 bits per heavy atom. The summed E-state index contributed by atoms with van der Waals surface area (Å²) in [6.07, 6.45) is -11.0. The Hall–Kier alpha value is -5.82. The molecule has 65 heavy (non-hydrogen) atoms. The largest absolute Gasteiger partial charge is 0.509 e. The van der Waals surface area contributed by atoms with E-state index in [0.717, 1.165) is 13.8 Å². The number of hydrogen-bond acceptors (Lipinski definition) is 18. The summed E-state index contributed by atoms with van der Waals surface area (Å²) in [7, 11) is 0. The van der Waals surface area contributed by atoms with Gasteiger partial charge in [-0.05, 0) is 70.2 Å². The summed E-state index contributed by atoms with van der Waals surface area (Å²) in [5.41, 5.74) is -7.41. The van der Waals surface area contributed by atoms with Crippen LogP contribution in [0.15, 0.2) is 52.8 Å². The Labute approximate surface area is 376 Å². The third-order valence-corrected chi connectivity index (χ3v) is 12.0. The van der Waals surface area contributed by atoms with Crippen molar-refractivity contribution >= 4 is 47.9 Å². The molecule has 2 saturated heterocycles. The van der Waals surface area contributed by atoms with Gasteiger partial charge in [-0.3, -0.25) is 19.2 Å². The third-order valence-electron chi connectivity index (χ3n) is 12.0. The molecule has 2 N–H and O–H groups in total. The van der Waals surface area contributed by atoms with Gasteiger partial charge in [0.05, 0.1) is 30.7 Å². The lowest BCUT2D eigenvalue weighted by atomic mass is 9.52. The standard InChI is InChI=1S/C46H59NO18/c1-22(2)20-29(47-41(55)64-43(8,9)10)33(51)40(54)60-36-23(3)31-34(52)35(59-26(6)49)24(4)32(45(63-27(7)50)21-58-30(45)18-19-57-25(5)48)37(61-39(53)28-16-14-13-15-17-28)46(44(31,11)12)38(36)62-42(56)65-46/h13-17,22,29-30,32-33,36-38,51H,18-21H2,1-12H3,(H,47,55)/b35-24+/t29-,30+,32+,33+,36+,37-,38-,45-,46-/m0/s1. The topological polar surface area (TPSA) is 252 Å². The first-order chi connectivity index (χ1) is 30.2. The smallest absolute Gasteiger partial charge is 0.466 e. The van der Waals surface area contributed by atoms with Crippen LogP contribution in [0.4, 0.5) is 9.59 Å². The van der Waals surface area contributed by atoms with Crippen LogP contribution >= 0.6 is 0 Å². The molecule has 356 valence electrons. The molecule has 2 aliphatic carbocycles. The fourth-order valence-electron chi connectivity index (χ4n) is 9.45. The number of Topliss-reactive ketones (excluding diaryl/α,β-unsaturated/α-hetero) is 1. The molecule has 1 spiro atoms. The molecular formula is C46H59NO18. The number of ether oxygens (including phenoxy) is 9. The molecule has 1 aromatic carbocycles. The predicted octanol–water partition coefficient (Wildman–Crippen LogP) is 4.74. The zero-order chi connectivity index (χ0) is 48.6. The van der Waals surface area contributed by atoms with Gasteiger partial charge in [0.2, 0.25) is 11.4 Å². The number of aliphatic hydroxyl groups excluding tert-OH is 1. The van der Waals surface area contributed by atoms with Gasteiger partial charge in [-0.25, -0.2) is 19.2 Å². The molecule has 4 aliphatic rings. The Morgan fingerprint density at radius 2 is 1.57 bits per heavy atom. The predicted molar refractivity (Wildman–Crippen MR) is 223 cm³/mol. The molecule has 0 saturated carbocycles. The van der Waals surface area contributed by atoms with E-state index in [9.17, 15) is 38.7 Å². The van der Waals surface area contributed by atoms with Crippen molar-refractivity contribution in [1.82, 2.24) is 5.32 Å². The van der Waals surface area contributed by atoms with E-state index in [-0.39, 0.29) is 47.6 Å². The van der Waals surface area contributed by atoms with E-state index in [4.69, 9.17) is 42.6 Å². The number of nitrogens with one attached hydrogen (secondary N) is 1. The first-order valence-corrected chi connectivity index (χ1v) is 21.3. The minimum atomic E-state index is -2.39. The molecule has 1 amide bonds. The molecule has 1 aromatic rings. The molecule has 2 aliphatic heterocycles. The highest BCUT2D eigenvalue weighted by atomic mass is 16.8. The summed E-state index contributed by atoms with van der Waals surface area (Å²) < 4.78 is 53.3. The van der Waals surface area contributed by atoms with Gasteiger partial charge in [-0.2, -0.15) is 0 Å². The van der Waals surface area contributed by atoms with Gasteiger partial charge in [0.15, 0.2) is 35.8 Å². The van der Waals surface area contributed by atoms with Gasteiger partial charge in [-0.1, -0.05) is 45.9 Å². The van der Waals surface area contributed by atoms with Gasteiger partial charge in [-0.15, -0.1) is 0 Å². The van der Waals surface area contributed by atoms with E-state index in [2.05, 4.69) is 5.32 Å². The Bertz CT molecular complexity index is 2150. The van der Waals surface area contributed by atoms with Crippen molar-refractivity contribution < 1.29 is 86.1 Å². The third kappa shape index (κ3) is 9.90. The highest BCUT2D eigenvalue weighted by Gasteiger charge is 2.78. The molecule has 2 heterocycles. The fourth-order valence-corrected chi connectivity index (χ4v) is 9.45. The van der Waals surface area contributed by atoms with Crippen molar-refractivity contribution in [2.45, 2.75) is 149 Å². The number of carbonyl (C=O) groups is 8. The van der Waals surface area contributed by atoms with E-state index in [1.54, 1.807) is 52.8 Å². The monoisotopic (exact) mass is 913 g/mol. The molecule has 19 heteroatoms. The minimum Gasteiger partial charge on any atom is -0.466 e. The van der Waals surface area contributed by atoms with Gasteiger partial charge < -0.3 is 53.1 Å². The number of alkyl carbamates (subject to hydrolysis) is 1. The lowest BCUT2D eigenvalue weighted by Crippen LogP contribution is -2.76. The molecule has 0 aromatic heterocycles. The number of rotatable bonds is 14. The molecular weight excluding hydrogens is 854 g/mol. The second-order valence-electron chi connectivity index (χ2n) is 18.6. The zero-order valence-electron chi connectivity index (χ0n) is 38.7. The number of carbonyl (C=O) groups excluding carboxylic acids is 8. The van der Waals surface area contributed by atoms with E-state index >= 15 is 4.79 Å². The van der Waals surface area contributed by atoms with E-state index in [1.807, 2.05) is 0 Å². The van der Waals surface area contributed by atoms with Crippen molar-refractivity contribution in [3.05, 3.63) is 58.4 Å². The quantitative estimate of drug-likeness (QED) is 0.189. The maximum absolute atomic E-state index is 15.3. The number of esters is 5. The first-order valence-electron chi connectivity index (χ1n) is 21.3. The summed E-state index contributed by atoms with van der Waals surface area (Å²) in [4.78, 5) is 109. The molecule has 5 rings (SSSR count). The zero-order valence-corrected chi connectivity index (χ0v) is 38.7. The van der Waals surface area contributed by atoms with E-state index in [0.29, 0.717) is 0 Å². The Kier molecular flexibility index (Phi) is 14.6. The molecule has 2 bridgehead atoms. The van der Waals surface area contributed by atoms with Crippen LogP contribution in [0.3, 0.4) is 0 Å². The van der Waals surface area contributed by atoms with Crippen LogP contribution in [0.2, 0.25) is 0 Å². The molecule has 0 radical (unpaired) electrons. The maximum atomic E-state index is 15.3. The van der Waals surface area contributed by atoms with Crippen LogP contribution in [-0.4, -0.2) is 120 Å². The number of ketones is 1. The lowest BCUT2D eigenvalue weighted by Gasteiger charge is -2.60. The van der Waals surface area contributed by atoms with Crippen molar-refractivity contribution in [1.29, 1.82) is 0 Å². The number of fused-ring (bicyclic) bond motifs is 1. The normalized spacial score (nSPS) is 29.0. The van der Waals surface area contributed by atoms with Crippen molar-refractivity contribution in [3.8, 4) is 0 Å². The highest BCUT2D eigenvalue weighted by Crippen LogP contribution is 2.62. The summed E-state index contributed by atoms with van der Waals surface area (Å²) in [6, 6.07) is 6.42. The summed E-state index contributed by atoms with van der Waals surface area (Å²) in [5, 5.41) is 14.2. The van der Waals surface area contributed by atoms with Crippen LogP contribution in [0, 0.1) is 17.3 Å². The summed E-state index contributed by atoms with van der Waals surface area (Å²) >= 11 is 0.